The predicted octanol–water partition coefficient (Wildman–Crippen LogP) is 6.36. The second-order valence-corrected chi connectivity index (χ2v) is 9.28. The van der Waals surface area contributed by atoms with Gasteiger partial charge in [0.1, 0.15) is 0 Å². The van der Waals surface area contributed by atoms with E-state index in [1.54, 1.807) is 12.1 Å². The summed E-state index contributed by atoms with van der Waals surface area (Å²) in [6.07, 6.45) is 3.18. The monoisotopic (exact) mass is 504 g/mol. The van der Waals surface area contributed by atoms with Gasteiger partial charge in [0.15, 0.2) is 11.0 Å². The summed E-state index contributed by atoms with van der Waals surface area (Å²) in [5.41, 5.74) is 2.99. The number of anilines is 1. The van der Waals surface area contributed by atoms with Gasteiger partial charge in [-0.25, -0.2) is 4.57 Å². The van der Waals surface area contributed by atoms with Crippen molar-refractivity contribution in [1.29, 1.82) is 0 Å². The van der Waals surface area contributed by atoms with Crippen LogP contribution in [-0.2, 0) is 11.2 Å². The smallest absolute Gasteiger partial charge is 0.265 e. The van der Waals surface area contributed by atoms with Gasteiger partial charge in [-0.3, -0.25) is 9.59 Å². The molecular formula is C27H25ClN4O2S. The number of halogens is 1. The molecule has 1 aromatic heterocycles. The van der Waals surface area contributed by atoms with Gasteiger partial charge in [0.05, 0.1) is 10.8 Å². The number of hydrogen-bond acceptors (Lipinski definition) is 5. The summed E-state index contributed by atoms with van der Waals surface area (Å²) in [6.45, 7) is 2.15. The highest BCUT2D eigenvalue weighted by Gasteiger charge is 2.23. The largest absolute Gasteiger partial charge is 0.325 e. The molecule has 3 aromatic carbocycles. The Hall–Kier alpha value is -3.42. The standard InChI is InChI=1S/C27H25ClN4O2S/c1-2-3-9-19-14-16-20(17-15-19)26(34)32-25(22-12-7-8-13-23(22)28)30-31-27(32)35-18-24(33)29-21-10-5-4-6-11-21/h4-8,10-17H,2-3,9,18H2,1H3,(H,29,33). The number of amides is 1. The zero-order chi connectivity index (χ0) is 24.6. The molecule has 0 saturated heterocycles. The average molecular weight is 505 g/mol. The van der Waals surface area contributed by atoms with E-state index in [0.717, 1.165) is 31.0 Å². The molecule has 0 atom stereocenters. The molecule has 8 heteroatoms. The maximum absolute atomic E-state index is 13.6. The van der Waals surface area contributed by atoms with Crippen LogP contribution in [-0.4, -0.2) is 32.3 Å². The fourth-order valence-corrected chi connectivity index (χ4v) is 4.49. The highest BCUT2D eigenvalue weighted by atomic mass is 35.5. The Kier molecular flexibility index (Phi) is 8.34. The van der Waals surface area contributed by atoms with Crippen LogP contribution >= 0.6 is 23.4 Å². The number of nitrogens with one attached hydrogen (secondary N) is 1. The third kappa shape index (κ3) is 6.18. The van der Waals surface area contributed by atoms with E-state index in [1.165, 1.54) is 10.1 Å². The molecule has 35 heavy (non-hydrogen) atoms. The zero-order valence-electron chi connectivity index (χ0n) is 19.3. The SMILES string of the molecule is CCCCc1ccc(C(=O)n2c(SCC(=O)Nc3ccccc3)nnc2-c2ccccc2Cl)cc1. The molecule has 0 saturated carbocycles. The fourth-order valence-electron chi connectivity index (χ4n) is 3.54. The van der Waals surface area contributed by atoms with Crippen LogP contribution in [0.25, 0.3) is 11.4 Å². The lowest BCUT2D eigenvalue weighted by Crippen LogP contribution is -2.17. The average Bonchev–Trinajstić information content (AvgIpc) is 3.30. The normalized spacial score (nSPS) is 10.8. The quantitative estimate of drug-likeness (QED) is 0.268. The molecule has 1 amide bonds. The molecule has 0 bridgehead atoms. The van der Waals surface area contributed by atoms with Gasteiger partial charge in [-0.15, -0.1) is 10.2 Å². The molecule has 0 aliphatic heterocycles. The summed E-state index contributed by atoms with van der Waals surface area (Å²) in [5.74, 6) is -0.0824. The highest BCUT2D eigenvalue weighted by molar-refractivity contribution is 7.99. The molecule has 4 aromatic rings. The van der Waals surface area contributed by atoms with Gasteiger partial charge in [0, 0.05) is 16.8 Å². The van der Waals surface area contributed by atoms with E-state index in [4.69, 9.17) is 11.6 Å². The van der Waals surface area contributed by atoms with Crippen molar-refractivity contribution in [3.8, 4) is 11.4 Å². The molecular weight excluding hydrogens is 480 g/mol. The fraction of sp³-hybridized carbons (Fsp3) is 0.185. The lowest BCUT2D eigenvalue weighted by Gasteiger charge is -2.11. The van der Waals surface area contributed by atoms with Crippen LogP contribution in [0.4, 0.5) is 5.69 Å². The number of aryl methyl sites for hydroxylation is 1. The summed E-state index contributed by atoms with van der Waals surface area (Å²) >= 11 is 7.56. The summed E-state index contributed by atoms with van der Waals surface area (Å²) in [7, 11) is 0. The molecule has 0 fully saturated rings. The maximum Gasteiger partial charge on any atom is 0.265 e. The number of unbranched alkanes of at least 4 members (excludes halogenated alkanes) is 1. The number of carbonyl (C=O) groups is 2. The van der Waals surface area contributed by atoms with Crippen LogP contribution in [0.5, 0.6) is 0 Å². The maximum atomic E-state index is 13.6. The van der Waals surface area contributed by atoms with E-state index in [1.807, 2.05) is 66.7 Å². The molecule has 6 nitrogen and oxygen atoms in total. The van der Waals surface area contributed by atoms with Gasteiger partial charge in [-0.1, -0.05) is 79.2 Å². The van der Waals surface area contributed by atoms with Crippen LogP contribution in [0.3, 0.4) is 0 Å². The third-order valence-corrected chi connectivity index (χ3v) is 6.62. The first-order valence-electron chi connectivity index (χ1n) is 11.4. The number of aromatic nitrogens is 3. The number of para-hydroxylation sites is 1. The Balaban J connectivity index is 1.61. The van der Waals surface area contributed by atoms with Crippen molar-refractivity contribution in [2.24, 2.45) is 0 Å². The van der Waals surface area contributed by atoms with E-state index in [2.05, 4.69) is 22.4 Å². The van der Waals surface area contributed by atoms with Crippen molar-refractivity contribution in [1.82, 2.24) is 14.8 Å². The first-order valence-corrected chi connectivity index (χ1v) is 12.7. The van der Waals surface area contributed by atoms with Crippen LogP contribution in [0.1, 0.15) is 35.7 Å². The summed E-state index contributed by atoms with van der Waals surface area (Å²) in [6, 6.07) is 24.0. The Morgan fingerprint density at radius 3 is 2.37 bits per heavy atom. The van der Waals surface area contributed by atoms with Gasteiger partial charge in [-0.05, 0) is 54.8 Å². The minimum Gasteiger partial charge on any atom is -0.325 e. The van der Waals surface area contributed by atoms with E-state index < -0.39 is 0 Å². The van der Waals surface area contributed by atoms with Gasteiger partial charge < -0.3 is 5.32 Å². The van der Waals surface area contributed by atoms with Gasteiger partial charge >= 0.3 is 0 Å². The molecule has 0 spiro atoms. The molecule has 1 heterocycles. The molecule has 178 valence electrons. The number of nitrogens with zero attached hydrogens (tertiary/aromatic N) is 3. The van der Waals surface area contributed by atoms with Crippen LogP contribution in [0.15, 0.2) is 84.0 Å². The van der Waals surface area contributed by atoms with Crippen molar-refractivity contribution in [2.45, 2.75) is 31.3 Å². The van der Waals surface area contributed by atoms with E-state index >= 15 is 0 Å². The number of carbonyl (C=O) groups excluding carboxylic acids is 2. The molecule has 0 aliphatic rings. The number of rotatable bonds is 9. The lowest BCUT2D eigenvalue weighted by atomic mass is 10.1. The van der Waals surface area contributed by atoms with Crippen LogP contribution in [0.2, 0.25) is 5.02 Å². The minimum atomic E-state index is -0.280. The predicted molar refractivity (Wildman–Crippen MR) is 141 cm³/mol. The first-order chi connectivity index (χ1) is 17.1. The van der Waals surface area contributed by atoms with E-state index in [9.17, 15) is 9.59 Å². The van der Waals surface area contributed by atoms with Crippen molar-refractivity contribution in [3.63, 3.8) is 0 Å². The Morgan fingerprint density at radius 2 is 1.66 bits per heavy atom. The van der Waals surface area contributed by atoms with Gasteiger partial charge in [-0.2, -0.15) is 0 Å². The number of thioether (sulfide) groups is 1. The Bertz CT molecular complexity index is 1310. The van der Waals surface area contributed by atoms with Crippen molar-refractivity contribution in [2.75, 3.05) is 11.1 Å². The number of benzene rings is 3. The topological polar surface area (TPSA) is 76.9 Å². The number of hydrogen-bond donors (Lipinski definition) is 1. The Labute approximate surface area is 213 Å². The lowest BCUT2D eigenvalue weighted by molar-refractivity contribution is -0.113. The molecule has 0 aliphatic carbocycles. The summed E-state index contributed by atoms with van der Waals surface area (Å²) in [5, 5.41) is 12.1. The molecule has 4 rings (SSSR count). The van der Waals surface area contributed by atoms with Gasteiger partial charge in [0.2, 0.25) is 5.91 Å². The summed E-state index contributed by atoms with van der Waals surface area (Å²) in [4.78, 5) is 26.1. The second-order valence-electron chi connectivity index (χ2n) is 7.93. The first kappa shape index (κ1) is 24.7. The highest BCUT2D eigenvalue weighted by Crippen LogP contribution is 2.30. The molecule has 0 unspecified atom stereocenters. The van der Waals surface area contributed by atoms with Crippen molar-refractivity contribution < 1.29 is 9.59 Å². The van der Waals surface area contributed by atoms with E-state index in [-0.39, 0.29) is 17.6 Å². The zero-order valence-corrected chi connectivity index (χ0v) is 20.9. The molecule has 0 radical (unpaired) electrons. The van der Waals surface area contributed by atoms with Crippen LogP contribution < -0.4 is 5.32 Å². The molecule has 1 N–H and O–H groups in total. The Morgan fingerprint density at radius 1 is 0.943 bits per heavy atom. The van der Waals surface area contributed by atoms with Crippen LogP contribution in [0, 0.1) is 0 Å². The van der Waals surface area contributed by atoms with Crippen molar-refractivity contribution >= 4 is 40.9 Å². The van der Waals surface area contributed by atoms with Crippen molar-refractivity contribution in [3.05, 3.63) is 95.0 Å². The second kappa shape index (κ2) is 11.8. The summed E-state index contributed by atoms with van der Waals surface area (Å²) < 4.78 is 1.43. The minimum absolute atomic E-state index is 0.0682. The van der Waals surface area contributed by atoms with Gasteiger partial charge in [0.25, 0.3) is 5.91 Å². The van der Waals surface area contributed by atoms with E-state index in [0.29, 0.717) is 32.8 Å². The third-order valence-electron chi connectivity index (χ3n) is 5.36.